The van der Waals surface area contributed by atoms with Crippen molar-refractivity contribution in [3.63, 3.8) is 0 Å². The fourth-order valence-corrected chi connectivity index (χ4v) is 2.93. The van der Waals surface area contributed by atoms with Crippen molar-refractivity contribution in [2.75, 3.05) is 7.11 Å². The van der Waals surface area contributed by atoms with E-state index < -0.39 is 11.8 Å². The normalized spacial score (nSPS) is 16.6. The SMILES string of the molecule is COc1ccc(C2=c3cc(Cl)ccc3=NC(=O)[C@@H]2C(C)=O)cc1. The van der Waals surface area contributed by atoms with E-state index in [1.807, 2.05) is 12.1 Å². The Hall–Kier alpha value is -2.46. The number of benzene rings is 2. The van der Waals surface area contributed by atoms with Gasteiger partial charge in [0.1, 0.15) is 17.5 Å². The van der Waals surface area contributed by atoms with Crippen molar-refractivity contribution in [1.29, 1.82) is 0 Å². The maximum absolute atomic E-state index is 12.3. The van der Waals surface area contributed by atoms with Gasteiger partial charge in [-0.05, 0) is 48.4 Å². The Bertz CT molecular complexity index is 916. The molecule has 0 bridgehead atoms. The van der Waals surface area contributed by atoms with Crippen molar-refractivity contribution >= 4 is 28.9 Å². The molecule has 1 heterocycles. The van der Waals surface area contributed by atoms with Crippen LogP contribution in [0.3, 0.4) is 0 Å². The molecule has 0 fully saturated rings. The molecule has 1 aliphatic heterocycles. The van der Waals surface area contributed by atoms with Crippen molar-refractivity contribution in [3.8, 4) is 5.75 Å². The van der Waals surface area contributed by atoms with Crippen LogP contribution in [0.25, 0.3) is 5.57 Å². The molecule has 23 heavy (non-hydrogen) atoms. The minimum Gasteiger partial charge on any atom is -0.497 e. The van der Waals surface area contributed by atoms with Crippen LogP contribution >= 0.6 is 11.6 Å². The van der Waals surface area contributed by atoms with Crippen molar-refractivity contribution in [3.05, 3.63) is 63.6 Å². The van der Waals surface area contributed by atoms with E-state index in [4.69, 9.17) is 16.3 Å². The van der Waals surface area contributed by atoms with E-state index in [2.05, 4.69) is 4.99 Å². The van der Waals surface area contributed by atoms with Gasteiger partial charge in [-0.2, -0.15) is 0 Å². The van der Waals surface area contributed by atoms with Gasteiger partial charge in [-0.3, -0.25) is 9.59 Å². The average molecular weight is 328 g/mol. The van der Waals surface area contributed by atoms with Gasteiger partial charge in [0, 0.05) is 10.2 Å². The lowest BCUT2D eigenvalue weighted by Crippen LogP contribution is -2.40. The maximum atomic E-state index is 12.3. The first-order valence-corrected chi connectivity index (χ1v) is 7.46. The van der Waals surface area contributed by atoms with E-state index in [1.165, 1.54) is 6.92 Å². The molecule has 2 aromatic carbocycles. The van der Waals surface area contributed by atoms with Crippen LogP contribution in [0.2, 0.25) is 5.02 Å². The quantitative estimate of drug-likeness (QED) is 0.809. The van der Waals surface area contributed by atoms with Crippen molar-refractivity contribution in [1.82, 2.24) is 0 Å². The number of amides is 1. The second kappa shape index (κ2) is 5.97. The van der Waals surface area contributed by atoms with Crippen LogP contribution in [0.1, 0.15) is 12.5 Å². The van der Waals surface area contributed by atoms with Crippen LogP contribution in [0.4, 0.5) is 0 Å². The Morgan fingerprint density at radius 1 is 1.17 bits per heavy atom. The lowest BCUT2D eigenvalue weighted by molar-refractivity contribution is -0.128. The smallest absolute Gasteiger partial charge is 0.261 e. The highest BCUT2D eigenvalue weighted by Gasteiger charge is 2.31. The molecule has 5 heteroatoms. The Labute approximate surface area is 138 Å². The Morgan fingerprint density at radius 2 is 1.87 bits per heavy atom. The number of carbonyl (C=O) groups is 2. The van der Waals surface area contributed by atoms with Gasteiger partial charge >= 0.3 is 0 Å². The Kier molecular flexibility index (Phi) is 4.01. The van der Waals surface area contributed by atoms with Crippen LogP contribution in [-0.4, -0.2) is 18.8 Å². The molecule has 0 radical (unpaired) electrons. The average Bonchev–Trinajstić information content (AvgIpc) is 2.54. The number of Topliss-reactive ketones (excluding diaryl/α,β-unsaturated/α-hetero) is 1. The molecule has 3 rings (SSSR count). The minimum atomic E-state index is -0.908. The molecule has 0 saturated heterocycles. The van der Waals surface area contributed by atoms with Crippen LogP contribution in [0.5, 0.6) is 5.75 Å². The predicted molar refractivity (Wildman–Crippen MR) is 86.9 cm³/mol. The second-order valence-electron chi connectivity index (χ2n) is 5.30. The molecular formula is C18H14ClNO3. The van der Waals surface area contributed by atoms with Gasteiger partial charge in [0.2, 0.25) is 0 Å². The molecule has 0 N–H and O–H groups in total. The number of ketones is 1. The third kappa shape index (κ3) is 2.78. The van der Waals surface area contributed by atoms with E-state index in [-0.39, 0.29) is 5.78 Å². The Morgan fingerprint density at radius 3 is 2.48 bits per heavy atom. The van der Waals surface area contributed by atoms with Gasteiger partial charge < -0.3 is 4.74 Å². The fraction of sp³-hybridized carbons (Fsp3) is 0.167. The largest absolute Gasteiger partial charge is 0.497 e. The third-order valence-electron chi connectivity index (χ3n) is 3.82. The maximum Gasteiger partial charge on any atom is 0.261 e. The summed E-state index contributed by atoms with van der Waals surface area (Å²) in [5.74, 6) is -0.894. The highest BCUT2D eigenvalue weighted by Crippen LogP contribution is 2.26. The fourth-order valence-electron chi connectivity index (χ4n) is 2.75. The Balaban J connectivity index is 2.36. The summed E-state index contributed by atoms with van der Waals surface area (Å²) in [5.41, 5.74) is 1.41. The van der Waals surface area contributed by atoms with E-state index in [0.29, 0.717) is 26.9 Å². The molecule has 0 aliphatic carbocycles. The number of ether oxygens (including phenoxy) is 1. The van der Waals surface area contributed by atoms with Crippen molar-refractivity contribution in [2.24, 2.45) is 10.9 Å². The molecule has 0 aromatic heterocycles. The first-order valence-electron chi connectivity index (χ1n) is 7.08. The van der Waals surface area contributed by atoms with E-state index >= 15 is 0 Å². The van der Waals surface area contributed by atoms with Crippen molar-refractivity contribution < 1.29 is 14.3 Å². The van der Waals surface area contributed by atoms with Gasteiger partial charge in [0.05, 0.1) is 12.5 Å². The molecule has 1 aliphatic rings. The molecule has 2 aromatic rings. The first-order chi connectivity index (χ1) is 11.0. The number of carbonyl (C=O) groups excluding carboxylic acids is 2. The van der Waals surface area contributed by atoms with Gasteiger partial charge in [0.25, 0.3) is 5.91 Å². The number of fused-ring (bicyclic) bond motifs is 1. The number of halogens is 1. The van der Waals surface area contributed by atoms with Gasteiger partial charge in [-0.1, -0.05) is 23.7 Å². The topological polar surface area (TPSA) is 55.7 Å². The summed E-state index contributed by atoms with van der Waals surface area (Å²) in [5, 5.41) is 1.77. The third-order valence-corrected chi connectivity index (χ3v) is 4.06. The number of methoxy groups -OCH3 is 1. The monoisotopic (exact) mass is 327 g/mol. The predicted octanol–water partition coefficient (Wildman–Crippen LogP) is 1.91. The zero-order chi connectivity index (χ0) is 16.6. The first kappa shape index (κ1) is 15.4. The van der Waals surface area contributed by atoms with Crippen LogP contribution in [0, 0.1) is 5.92 Å². The lowest BCUT2D eigenvalue weighted by atomic mass is 9.85. The highest BCUT2D eigenvalue weighted by atomic mass is 35.5. The molecule has 4 nitrogen and oxygen atoms in total. The zero-order valence-corrected chi connectivity index (χ0v) is 13.4. The van der Waals surface area contributed by atoms with Crippen LogP contribution in [-0.2, 0) is 9.59 Å². The minimum absolute atomic E-state index is 0.241. The zero-order valence-electron chi connectivity index (χ0n) is 12.7. The summed E-state index contributed by atoms with van der Waals surface area (Å²) in [6.45, 7) is 1.40. The standard InChI is InChI=1S/C18H14ClNO3/c1-10(21)16-17(11-3-6-13(23-2)7-4-11)14-9-12(19)5-8-15(14)20-18(16)22/h3-9,16H,1-2H3/t16-/m1/s1. The number of hydrogen-bond donors (Lipinski definition) is 0. The molecule has 1 amide bonds. The molecular weight excluding hydrogens is 314 g/mol. The van der Waals surface area contributed by atoms with E-state index in [1.54, 1.807) is 37.4 Å². The molecule has 1 atom stereocenters. The van der Waals surface area contributed by atoms with E-state index in [9.17, 15) is 9.59 Å². The number of hydrogen-bond acceptors (Lipinski definition) is 3. The summed E-state index contributed by atoms with van der Waals surface area (Å²) in [6.07, 6.45) is 0. The molecule has 0 unspecified atom stereocenters. The summed E-state index contributed by atoms with van der Waals surface area (Å²) in [4.78, 5) is 28.4. The number of rotatable bonds is 3. The summed E-state index contributed by atoms with van der Waals surface area (Å²) in [6, 6.07) is 12.3. The second-order valence-corrected chi connectivity index (χ2v) is 5.73. The van der Waals surface area contributed by atoms with Gasteiger partial charge in [-0.25, -0.2) is 4.99 Å². The van der Waals surface area contributed by atoms with Crippen LogP contribution in [0.15, 0.2) is 47.5 Å². The van der Waals surface area contributed by atoms with E-state index in [0.717, 1.165) is 5.56 Å². The van der Waals surface area contributed by atoms with Crippen LogP contribution < -0.4 is 15.3 Å². The van der Waals surface area contributed by atoms with Gasteiger partial charge in [0.15, 0.2) is 0 Å². The molecule has 0 spiro atoms. The summed E-state index contributed by atoms with van der Waals surface area (Å²) >= 11 is 6.10. The lowest BCUT2D eigenvalue weighted by Gasteiger charge is -2.19. The highest BCUT2D eigenvalue weighted by molar-refractivity contribution is 6.30. The van der Waals surface area contributed by atoms with Gasteiger partial charge in [-0.15, -0.1) is 0 Å². The molecule has 0 saturated carbocycles. The number of nitrogens with zero attached hydrogens (tertiary/aromatic N) is 1. The summed E-state index contributed by atoms with van der Waals surface area (Å²) in [7, 11) is 1.58. The van der Waals surface area contributed by atoms with Crippen molar-refractivity contribution in [2.45, 2.75) is 6.92 Å². The molecule has 116 valence electrons. The summed E-state index contributed by atoms with van der Waals surface area (Å²) < 4.78 is 5.16.